The van der Waals surface area contributed by atoms with Crippen LogP contribution in [0.3, 0.4) is 0 Å². The lowest BCUT2D eigenvalue weighted by atomic mass is 10.1. The summed E-state index contributed by atoms with van der Waals surface area (Å²) in [6, 6.07) is 20.5. The molecule has 3 nitrogen and oxygen atoms in total. The molecule has 0 saturated heterocycles. The fraction of sp³-hybridized carbons (Fsp3) is 0.0952. The van der Waals surface area contributed by atoms with Crippen LogP contribution in [0.2, 0.25) is 0 Å². The van der Waals surface area contributed by atoms with E-state index in [4.69, 9.17) is 4.42 Å². The van der Waals surface area contributed by atoms with E-state index in [0.717, 1.165) is 39.4 Å². The molecular formula is C21H17BrN2O. The molecule has 4 heteroatoms. The second kappa shape index (κ2) is 6.73. The summed E-state index contributed by atoms with van der Waals surface area (Å²) in [6.45, 7) is 2.87. The average Bonchev–Trinajstić information content (AvgIpc) is 3.28. The lowest BCUT2D eigenvalue weighted by Gasteiger charge is -2.12. The Morgan fingerprint density at radius 1 is 0.960 bits per heavy atom. The monoisotopic (exact) mass is 392 g/mol. The summed E-state index contributed by atoms with van der Waals surface area (Å²) in [7, 11) is 0. The number of aryl methyl sites for hydroxylation is 1. The molecule has 0 amide bonds. The predicted molar refractivity (Wildman–Crippen MR) is 103 cm³/mol. The molecular weight excluding hydrogens is 376 g/mol. The van der Waals surface area contributed by atoms with Gasteiger partial charge in [-0.2, -0.15) is 0 Å². The van der Waals surface area contributed by atoms with Crippen LogP contribution in [-0.4, -0.2) is 9.55 Å². The average molecular weight is 393 g/mol. The summed E-state index contributed by atoms with van der Waals surface area (Å²) in [5, 5.41) is 0. The van der Waals surface area contributed by atoms with Gasteiger partial charge in [0.15, 0.2) is 0 Å². The van der Waals surface area contributed by atoms with Crippen molar-refractivity contribution in [3.05, 3.63) is 88.9 Å². The van der Waals surface area contributed by atoms with Gasteiger partial charge in [0.05, 0.1) is 12.8 Å². The highest BCUT2D eigenvalue weighted by atomic mass is 79.9. The van der Waals surface area contributed by atoms with Gasteiger partial charge in [-0.1, -0.05) is 58.4 Å². The maximum Gasteiger partial charge on any atom is 0.140 e. The summed E-state index contributed by atoms with van der Waals surface area (Å²) in [4.78, 5) is 4.63. The Labute approximate surface area is 155 Å². The minimum absolute atomic E-state index is 0.780. The smallest absolute Gasteiger partial charge is 0.140 e. The molecule has 0 radical (unpaired) electrons. The summed E-state index contributed by atoms with van der Waals surface area (Å²) in [6.07, 6.45) is 3.61. The summed E-state index contributed by atoms with van der Waals surface area (Å²) in [5.74, 6) is 1.85. The molecule has 2 aromatic carbocycles. The normalized spacial score (nSPS) is 11.0. The number of halogens is 1. The van der Waals surface area contributed by atoms with Crippen molar-refractivity contribution in [1.82, 2.24) is 9.55 Å². The van der Waals surface area contributed by atoms with Gasteiger partial charge in [0.25, 0.3) is 0 Å². The van der Waals surface area contributed by atoms with Crippen LogP contribution in [-0.2, 0) is 6.54 Å². The molecule has 0 aliphatic heterocycles. The third-order valence-electron chi connectivity index (χ3n) is 4.29. The van der Waals surface area contributed by atoms with E-state index in [-0.39, 0.29) is 0 Å². The fourth-order valence-corrected chi connectivity index (χ4v) is 3.32. The Hall–Kier alpha value is -2.59. The first-order valence-electron chi connectivity index (χ1n) is 8.12. The Balaban J connectivity index is 1.68. The SMILES string of the molecule is Cc1cnc(-c2ccc(-c3ccco3)cc2)n1Cc1ccccc1Br. The topological polar surface area (TPSA) is 31.0 Å². The van der Waals surface area contributed by atoms with E-state index in [1.807, 2.05) is 24.4 Å². The molecule has 0 aliphatic rings. The van der Waals surface area contributed by atoms with E-state index in [0.29, 0.717) is 0 Å². The maximum absolute atomic E-state index is 5.46. The standard InChI is InChI=1S/C21H17BrN2O/c1-15-13-23-21(24(15)14-18-5-2-3-6-19(18)22)17-10-8-16(9-11-17)20-7-4-12-25-20/h2-13H,14H2,1H3. The molecule has 0 bridgehead atoms. The molecule has 0 aliphatic carbocycles. The number of benzene rings is 2. The lowest BCUT2D eigenvalue weighted by molar-refractivity contribution is 0.582. The highest BCUT2D eigenvalue weighted by molar-refractivity contribution is 9.10. The van der Waals surface area contributed by atoms with Gasteiger partial charge in [0, 0.05) is 27.5 Å². The molecule has 124 valence electrons. The van der Waals surface area contributed by atoms with Crippen molar-refractivity contribution in [2.45, 2.75) is 13.5 Å². The molecule has 2 heterocycles. The number of furan rings is 1. The molecule has 0 spiro atoms. The van der Waals surface area contributed by atoms with Crippen LogP contribution in [0, 0.1) is 6.92 Å². The van der Waals surface area contributed by atoms with E-state index >= 15 is 0 Å². The molecule has 0 fully saturated rings. The molecule has 25 heavy (non-hydrogen) atoms. The van der Waals surface area contributed by atoms with E-state index in [1.165, 1.54) is 5.56 Å². The van der Waals surface area contributed by atoms with Crippen molar-refractivity contribution < 1.29 is 4.42 Å². The van der Waals surface area contributed by atoms with Gasteiger partial charge >= 0.3 is 0 Å². The van der Waals surface area contributed by atoms with Crippen molar-refractivity contribution in [3.63, 3.8) is 0 Å². The van der Waals surface area contributed by atoms with Crippen molar-refractivity contribution in [1.29, 1.82) is 0 Å². The van der Waals surface area contributed by atoms with Gasteiger partial charge < -0.3 is 8.98 Å². The zero-order valence-electron chi connectivity index (χ0n) is 13.8. The summed E-state index contributed by atoms with van der Waals surface area (Å²) in [5.41, 5.74) is 4.53. The van der Waals surface area contributed by atoms with Crippen LogP contribution in [0.25, 0.3) is 22.7 Å². The summed E-state index contributed by atoms with van der Waals surface area (Å²) >= 11 is 3.63. The highest BCUT2D eigenvalue weighted by Gasteiger charge is 2.11. The van der Waals surface area contributed by atoms with Crippen LogP contribution in [0.4, 0.5) is 0 Å². The second-order valence-electron chi connectivity index (χ2n) is 5.96. The van der Waals surface area contributed by atoms with Crippen LogP contribution < -0.4 is 0 Å². The fourth-order valence-electron chi connectivity index (χ4n) is 2.91. The minimum Gasteiger partial charge on any atom is -0.464 e. The Kier molecular flexibility index (Phi) is 4.28. The largest absolute Gasteiger partial charge is 0.464 e. The van der Waals surface area contributed by atoms with Gasteiger partial charge in [-0.15, -0.1) is 0 Å². The molecule has 2 aromatic heterocycles. The molecule has 0 saturated carbocycles. The first kappa shape index (κ1) is 15.9. The third-order valence-corrected chi connectivity index (χ3v) is 5.06. The Morgan fingerprint density at radius 3 is 2.44 bits per heavy atom. The van der Waals surface area contributed by atoms with Crippen LogP contribution in [0.5, 0.6) is 0 Å². The Morgan fingerprint density at radius 2 is 1.72 bits per heavy atom. The minimum atomic E-state index is 0.780. The summed E-state index contributed by atoms with van der Waals surface area (Å²) < 4.78 is 8.81. The number of hydrogen-bond acceptors (Lipinski definition) is 2. The quantitative estimate of drug-likeness (QED) is 0.430. The van der Waals surface area contributed by atoms with Gasteiger partial charge in [0.2, 0.25) is 0 Å². The van der Waals surface area contributed by atoms with Crippen molar-refractivity contribution in [2.24, 2.45) is 0 Å². The number of imidazole rings is 1. The van der Waals surface area contributed by atoms with Crippen LogP contribution in [0.1, 0.15) is 11.3 Å². The number of rotatable bonds is 4. The molecule has 0 atom stereocenters. The number of aromatic nitrogens is 2. The number of nitrogens with zero attached hydrogens (tertiary/aromatic N) is 2. The third kappa shape index (κ3) is 3.17. The molecule has 4 aromatic rings. The van der Waals surface area contributed by atoms with Gasteiger partial charge in [-0.25, -0.2) is 4.98 Å². The maximum atomic E-state index is 5.46. The molecule has 0 unspecified atom stereocenters. The van der Waals surface area contributed by atoms with Crippen molar-refractivity contribution >= 4 is 15.9 Å². The Bertz CT molecular complexity index is 985. The zero-order chi connectivity index (χ0) is 17.2. The van der Waals surface area contributed by atoms with Gasteiger partial charge in [-0.05, 0) is 30.7 Å². The van der Waals surface area contributed by atoms with E-state index in [2.05, 4.69) is 74.9 Å². The van der Waals surface area contributed by atoms with Crippen LogP contribution >= 0.6 is 15.9 Å². The predicted octanol–water partition coefficient (Wildman–Crippen LogP) is 5.93. The number of hydrogen-bond donors (Lipinski definition) is 0. The molecule has 4 rings (SSSR count). The first-order chi connectivity index (χ1) is 12.2. The van der Waals surface area contributed by atoms with Gasteiger partial charge in [0.1, 0.15) is 11.6 Å². The van der Waals surface area contributed by atoms with Crippen molar-refractivity contribution in [2.75, 3.05) is 0 Å². The van der Waals surface area contributed by atoms with Crippen LogP contribution in [0.15, 0.2) is 82.0 Å². The van der Waals surface area contributed by atoms with E-state index in [1.54, 1.807) is 6.26 Å². The highest BCUT2D eigenvalue weighted by Crippen LogP contribution is 2.26. The van der Waals surface area contributed by atoms with E-state index < -0.39 is 0 Å². The first-order valence-corrected chi connectivity index (χ1v) is 8.91. The van der Waals surface area contributed by atoms with E-state index in [9.17, 15) is 0 Å². The lowest BCUT2D eigenvalue weighted by Crippen LogP contribution is -2.04. The van der Waals surface area contributed by atoms with Gasteiger partial charge in [-0.3, -0.25) is 0 Å². The second-order valence-corrected chi connectivity index (χ2v) is 6.81. The molecule has 0 N–H and O–H groups in total. The zero-order valence-corrected chi connectivity index (χ0v) is 15.4. The van der Waals surface area contributed by atoms with Crippen molar-refractivity contribution in [3.8, 4) is 22.7 Å².